The van der Waals surface area contributed by atoms with Crippen molar-refractivity contribution in [3.63, 3.8) is 0 Å². The van der Waals surface area contributed by atoms with E-state index in [0.717, 1.165) is 0 Å². The largest absolute Gasteiger partial charge is 0.494 e. The molecule has 0 fully saturated rings. The number of nitrogens with zero attached hydrogens (tertiary/aromatic N) is 4. The quantitative estimate of drug-likeness (QED) is 0.477. The number of aliphatic imine (C=N–C) groups is 2. The maximum Gasteiger partial charge on any atom is 0.223 e. The van der Waals surface area contributed by atoms with Gasteiger partial charge in [-0.05, 0) is 22.4 Å². The van der Waals surface area contributed by atoms with Crippen molar-refractivity contribution in [2.75, 3.05) is 7.11 Å². The zero-order valence-electron chi connectivity index (χ0n) is 9.49. The first-order valence-electron chi connectivity index (χ1n) is 4.85. The predicted octanol–water partition coefficient (Wildman–Crippen LogP) is -0.549. The summed E-state index contributed by atoms with van der Waals surface area (Å²) in [4.78, 5) is 7.60. The number of hydrogen-bond acceptors (Lipinski definition) is 5. The fourth-order valence-corrected chi connectivity index (χ4v) is 1.37. The molecule has 0 radical (unpaired) electrons. The van der Waals surface area contributed by atoms with E-state index in [1.807, 2.05) is 0 Å². The van der Waals surface area contributed by atoms with Gasteiger partial charge < -0.3 is 21.9 Å². The van der Waals surface area contributed by atoms with Gasteiger partial charge in [0.2, 0.25) is 5.96 Å². The third kappa shape index (κ3) is 2.14. The zero-order chi connectivity index (χ0) is 13.1. The maximum absolute atomic E-state index is 5.53. The molecule has 0 bridgehead atoms. The standard InChI is InChI=1S/C9H11N7O2/c1-17-5-3-2-4(6-7(5)16-18-15-6)13-9(12)14-8(10)11/h2-3H,1H3,(H6,10,11,12,13,14). The van der Waals surface area contributed by atoms with Crippen molar-refractivity contribution in [3.8, 4) is 5.75 Å². The van der Waals surface area contributed by atoms with E-state index in [4.69, 9.17) is 21.9 Å². The molecule has 0 unspecified atom stereocenters. The fourth-order valence-electron chi connectivity index (χ4n) is 1.37. The lowest BCUT2D eigenvalue weighted by atomic mass is 10.2. The molecule has 94 valence electrons. The summed E-state index contributed by atoms with van der Waals surface area (Å²) in [6.07, 6.45) is 0. The Labute approximate surface area is 101 Å². The summed E-state index contributed by atoms with van der Waals surface area (Å²) in [6, 6.07) is 3.30. The summed E-state index contributed by atoms with van der Waals surface area (Å²) in [7, 11) is 1.51. The molecule has 1 heterocycles. The molecule has 0 saturated heterocycles. The van der Waals surface area contributed by atoms with E-state index in [1.54, 1.807) is 12.1 Å². The first-order valence-corrected chi connectivity index (χ1v) is 4.85. The van der Waals surface area contributed by atoms with Gasteiger partial charge in [0, 0.05) is 0 Å². The minimum atomic E-state index is -0.181. The van der Waals surface area contributed by atoms with Crippen molar-refractivity contribution in [1.82, 2.24) is 10.3 Å². The lowest BCUT2D eigenvalue weighted by Crippen LogP contribution is -2.26. The molecular weight excluding hydrogens is 238 g/mol. The van der Waals surface area contributed by atoms with Crippen molar-refractivity contribution in [2.45, 2.75) is 0 Å². The van der Waals surface area contributed by atoms with Crippen LogP contribution in [0.25, 0.3) is 11.0 Å². The Morgan fingerprint density at radius 1 is 1.22 bits per heavy atom. The van der Waals surface area contributed by atoms with Crippen LogP contribution in [0.2, 0.25) is 0 Å². The molecule has 2 aromatic rings. The fraction of sp³-hybridized carbons (Fsp3) is 0.111. The van der Waals surface area contributed by atoms with Crippen molar-refractivity contribution in [1.29, 1.82) is 0 Å². The summed E-state index contributed by atoms with van der Waals surface area (Å²) in [5.41, 5.74) is 17.2. The second-order valence-corrected chi connectivity index (χ2v) is 3.26. The van der Waals surface area contributed by atoms with E-state index in [2.05, 4.69) is 24.9 Å². The van der Waals surface area contributed by atoms with Crippen LogP contribution in [0.4, 0.5) is 5.69 Å². The molecule has 18 heavy (non-hydrogen) atoms. The number of hydrogen-bond donors (Lipinski definition) is 3. The molecule has 0 aliphatic rings. The van der Waals surface area contributed by atoms with Crippen molar-refractivity contribution >= 4 is 28.6 Å². The van der Waals surface area contributed by atoms with Crippen LogP contribution in [0.5, 0.6) is 5.75 Å². The first kappa shape index (κ1) is 11.6. The molecule has 0 aliphatic carbocycles. The Bertz CT molecular complexity index is 627. The summed E-state index contributed by atoms with van der Waals surface area (Å²) in [5, 5.41) is 7.43. The minimum Gasteiger partial charge on any atom is -0.494 e. The minimum absolute atomic E-state index is 0.0931. The first-order chi connectivity index (χ1) is 8.61. The summed E-state index contributed by atoms with van der Waals surface area (Å²) in [5.74, 6) is 0.245. The van der Waals surface area contributed by atoms with Crippen LogP contribution in [0.1, 0.15) is 0 Å². The number of guanidine groups is 2. The number of ether oxygens (including phenoxy) is 1. The van der Waals surface area contributed by atoms with Gasteiger partial charge in [-0.15, -0.1) is 0 Å². The average molecular weight is 249 g/mol. The van der Waals surface area contributed by atoms with Gasteiger partial charge >= 0.3 is 0 Å². The van der Waals surface area contributed by atoms with Crippen LogP contribution in [-0.4, -0.2) is 29.3 Å². The molecule has 1 aromatic heterocycles. The highest BCUT2D eigenvalue weighted by Gasteiger charge is 2.12. The van der Waals surface area contributed by atoms with Gasteiger partial charge in [-0.3, -0.25) is 0 Å². The van der Waals surface area contributed by atoms with Gasteiger partial charge in [-0.2, -0.15) is 4.99 Å². The van der Waals surface area contributed by atoms with E-state index in [9.17, 15) is 0 Å². The van der Waals surface area contributed by atoms with Gasteiger partial charge in [-0.25, -0.2) is 9.62 Å². The van der Waals surface area contributed by atoms with E-state index in [-0.39, 0.29) is 11.9 Å². The molecule has 1 aromatic carbocycles. The third-order valence-corrected chi connectivity index (χ3v) is 2.06. The van der Waals surface area contributed by atoms with Gasteiger partial charge in [0.05, 0.1) is 12.8 Å². The second kappa shape index (κ2) is 4.57. The molecule has 0 aliphatic heterocycles. The van der Waals surface area contributed by atoms with Crippen LogP contribution in [0.15, 0.2) is 26.7 Å². The normalized spacial score (nSPS) is 11.5. The van der Waals surface area contributed by atoms with Crippen LogP contribution < -0.4 is 21.9 Å². The van der Waals surface area contributed by atoms with Crippen LogP contribution >= 0.6 is 0 Å². The zero-order valence-corrected chi connectivity index (χ0v) is 9.49. The molecule has 0 amide bonds. The Balaban J connectivity index is 2.53. The second-order valence-electron chi connectivity index (χ2n) is 3.26. The predicted molar refractivity (Wildman–Crippen MR) is 65.4 cm³/mol. The molecule has 0 spiro atoms. The van der Waals surface area contributed by atoms with E-state index < -0.39 is 0 Å². The van der Waals surface area contributed by atoms with Crippen LogP contribution in [0.3, 0.4) is 0 Å². The van der Waals surface area contributed by atoms with Gasteiger partial charge in [0.25, 0.3) is 0 Å². The number of aromatic nitrogens is 2. The lowest BCUT2D eigenvalue weighted by molar-refractivity contribution is 0.314. The summed E-state index contributed by atoms with van der Waals surface area (Å²) in [6.45, 7) is 0. The topological polar surface area (TPSA) is 151 Å². The number of nitrogens with two attached hydrogens (primary N) is 3. The SMILES string of the molecule is COc1ccc(N=C(N)N=C(N)N)c2nonc12. The number of benzene rings is 1. The Kier molecular flexibility index (Phi) is 2.96. The molecule has 0 atom stereocenters. The number of fused-ring (bicyclic) bond motifs is 1. The Hall–Kier alpha value is -2.84. The van der Waals surface area contributed by atoms with E-state index in [1.165, 1.54) is 7.11 Å². The highest BCUT2D eigenvalue weighted by Crippen LogP contribution is 2.30. The summed E-state index contributed by atoms with van der Waals surface area (Å²) >= 11 is 0. The van der Waals surface area contributed by atoms with E-state index in [0.29, 0.717) is 22.5 Å². The van der Waals surface area contributed by atoms with Gasteiger partial charge in [-0.1, -0.05) is 0 Å². The lowest BCUT2D eigenvalue weighted by Gasteiger charge is -2.00. The Morgan fingerprint density at radius 3 is 2.61 bits per heavy atom. The van der Waals surface area contributed by atoms with Gasteiger partial charge in [0.1, 0.15) is 0 Å². The molecule has 6 N–H and O–H groups in total. The summed E-state index contributed by atoms with van der Waals surface area (Å²) < 4.78 is 9.74. The van der Waals surface area contributed by atoms with Crippen LogP contribution in [0, 0.1) is 0 Å². The number of rotatable bonds is 2. The molecule has 9 heteroatoms. The number of methoxy groups -OCH3 is 1. The van der Waals surface area contributed by atoms with Crippen molar-refractivity contribution in [3.05, 3.63) is 12.1 Å². The highest BCUT2D eigenvalue weighted by atomic mass is 16.6. The van der Waals surface area contributed by atoms with Crippen molar-refractivity contribution in [2.24, 2.45) is 27.2 Å². The van der Waals surface area contributed by atoms with Crippen LogP contribution in [-0.2, 0) is 0 Å². The smallest absolute Gasteiger partial charge is 0.223 e. The molecular formula is C9H11N7O2. The molecule has 0 saturated carbocycles. The van der Waals surface area contributed by atoms with Crippen molar-refractivity contribution < 1.29 is 9.37 Å². The Morgan fingerprint density at radius 2 is 1.94 bits per heavy atom. The average Bonchev–Trinajstić information content (AvgIpc) is 2.77. The molecule has 9 nitrogen and oxygen atoms in total. The monoisotopic (exact) mass is 249 g/mol. The van der Waals surface area contributed by atoms with E-state index >= 15 is 0 Å². The van der Waals surface area contributed by atoms with Gasteiger partial charge in [0.15, 0.2) is 22.7 Å². The third-order valence-electron chi connectivity index (χ3n) is 2.06. The molecule has 2 rings (SSSR count). The maximum atomic E-state index is 5.53. The highest BCUT2D eigenvalue weighted by molar-refractivity contribution is 5.97.